The first-order chi connectivity index (χ1) is 14.6. The number of aliphatic hydroxyl groups excluding tert-OH is 1. The lowest BCUT2D eigenvalue weighted by Crippen LogP contribution is -2.31. The summed E-state index contributed by atoms with van der Waals surface area (Å²) in [5, 5.41) is 20.0. The lowest BCUT2D eigenvalue weighted by Gasteiger charge is -2.28. The van der Waals surface area contributed by atoms with E-state index in [1.165, 1.54) is 0 Å². The molecule has 3 aromatic rings. The molecule has 0 saturated heterocycles. The summed E-state index contributed by atoms with van der Waals surface area (Å²) in [5.41, 5.74) is 2.94. The van der Waals surface area contributed by atoms with Gasteiger partial charge in [-0.1, -0.05) is 46.3 Å². The fourth-order valence-electron chi connectivity index (χ4n) is 3.54. The Morgan fingerprint density at radius 3 is 2.77 bits per heavy atom. The first kappa shape index (κ1) is 20.3. The Hall–Kier alpha value is -2.97. The molecule has 154 valence electrons. The Morgan fingerprint density at radius 1 is 1.23 bits per heavy atom. The molecule has 3 N–H and O–H groups in total. The summed E-state index contributed by atoms with van der Waals surface area (Å²) in [6.07, 6.45) is 1.15. The molecule has 1 atom stereocenters. The molecule has 30 heavy (non-hydrogen) atoms. The zero-order chi connectivity index (χ0) is 21.1. The molecule has 0 saturated carbocycles. The molecule has 2 heterocycles. The van der Waals surface area contributed by atoms with E-state index in [2.05, 4.69) is 36.6 Å². The minimum absolute atomic E-state index is 0.0777. The van der Waals surface area contributed by atoms with E-state index in [9.17, 15) is 4.79 Å². The number of amides is 1. The molecule has 0 aliphatic carbocycles. The highest BCUT2D eigenvalue weighted by Crippen LogP contribution is 2.36. The van der Waals surface area contributed by atoms with Crippen LogP contribution in [0.25, 0.3) is 0 Å². The van der Waals surface area contributed by atoms with E-state index in [0.717, 1.165) is 21.4 Å². The first-order valence-electron chi connectivity index (χ1n) is 9.72. The normalized spacial score (nSPS) is 15.5. The predicted octanol–water partition coefficient (Wildman–Crippen LogP) is 3.89. The van der Waals surface area contributed by atoms with Gasteiger partial charge in [0.25, 0.3) is 5.91 Å². The van der Waals surface area contributed by atoms with E-state index in [4.69, 9.17) is 5.11 Å². The minimum Gasteiger partial charge on any atom is -0.396 e. The van der Waals surface area contributed by atoms with Gasteiger partial charge in [-0.2, -0.15) is 10.1 Å². The van der Waals surface area contributed by atoms with Crippen molar-refractivity contribution in [3.05, 3.63) is 81.7 Å². The highest BCUT2D eigenvalue weighted by atomic mass is 79.9. The quantitative estimate of drug-likeness (QED) is 0.511. The molecule has 0 bridgehead atoms. The number of hydrogen-bond donors (Lipinski definition) is 3. The maximum Gasteiger partial charge on any atom is 0.255 e. The van der Waals surface area contributed by atoms with Crippen LogP contribution in [0.2, 0.25) is 0 Å². The number of aliphatic hydroxyl groups is 1. The second-order valence-corrected chi connectivity index (χ2v) is 7.98. The van der Waals surface area contributed by atoms with Crippen LogP contribution >= 0.6 is 15.9 Å². The maximum absolute atomic E-state index is 13.3. The van der Waals surface area contributed by atoms with Crippen LogP contribution in [-0.4, -0.2) is 32.4 Å². The molecule has 1 aliphatic heterocycles. The molecular weight excluding hydrogens is 446 g/mol. The number of hydrogen-bond acceptors (Lipinski definition) is 5. The molecule has 0 spiro atoms. The number of halogens is 1. The SMILES string of the molecule is CC1=C(C(=O)Nc2ccccc2)C(c2cccc(Br)c2)n2nc(CCCO)nc2N1. The number of carbonyl (C=O) groups excluding carboxylic acids is 1. The number of nitrogens with one attached hydrogen (secondary N) is 2. The molecule has 7 nitrogen and oxygen atoms in total. The number of carbonyl (C=O) groups is 1. The molecule has 1 aromatic heterocycles. The van der Waals surface area contributed by atoms with Crippen LogP contribution in [0, 0.1) is 0 Å². The van der Waals surface area contributed by atoms with Crippen LogP contribution in [0.3, 0.4) is 0 Å². The third-order valence-electron chi connectivity index (χ3n) is 4.90. The second-order valence-electron chi connectivity index (χ2n) is 7.06. The van der Waals surface area contributed by atoms with Gasteiger partial charge in [0.05, 0.1) is 5.57 Å². The van der Waals surface area contributed by atoms with Crippen molar-refractivity contribution in [1.82, 2.24) is 14.8 Å². The predicted molar refractivity (Wildman–Crippen MR) is 119 cm³/mol. The molecular formula is C22H22BrN5O2. The Balaban J connectivity index is 1.77. The van der Waals surface area contributed by atoms with E-state index in [-0.39, 0.29) is 12.5 Å². The van der Waals surface area contributed by atoms with Crippen LogP contribution in [0.5, 0.6) is 0 Å². The number of para-hydroxylation sites is 1. The van der Waals surface area contributed by atoms with Gasteiger partial charge in [0, 0.05) is 28.9 Å². The van der Waals surface area contributed by atoms with Crippen molar-refractivity contribution in [3.8, 4) is 0 Å². The summed E-state index contributed by atoms with van der Waals surface area (Å²) < 4.78 is 2.67. The lowest BCUT2D eigenvalue weighted by atomic mass is 9.95. The van der Waals surface area contributed by atoms with E-state index in [1.807, 2.05) is 61.5 Å². The smallest absolute Gasteiger partial charge is 0.255 e. The highest BCUT2D eigenvalue weighted by Gasteiger charge is 2.34. The summed E-state index contributed by atoms with van der Waals surface area (Å²) in [4.78, 5) is 17.9. The van der Waals surface area contributed by atoms with Crippen LogP contribution in [0.4, 0.5) is 11.6 Å². The van der Waals surface area contributed by atoms with Gasteiger partial charge >= 0.3 is 0 Å². The van der Waals surface area contributed by atoms with E-state index in [0.29, 0.717) is 30.2 Å². The fraction of sp³-hybridized carbons (Fsp3) is 0.227. The van der Waals surface area contributed by atoms with Crippen LogP contribution < -0.4 is 10.6 Å². The average Bonchev–Trinajstić information content (AvgIpc) is 3.14. The Labute approximate surface area is 183 Å². The van der Waals surface area contributed by atoms with Crippen molar-refractivity contribution in [2.24, 2.45) is 0 Å². The number of nitrogens with zero attached hydrogens (tertiary/aromatic N) is 3. The van der Waals surface area contributed by atoms with Crippen molar-refractivity contribution < 1.29 is 9.90 Å². The van der Waals surface area contributed by atoms with Crippen molar-refractivity contribution in [2.75, 3.05) is 17.2 Å². The fourth-order valence-corrected chi connectivity index (χ4v) is 3.95. The minimum atomic E-state index is -0.433. The molecule has 1 unspecified atom stereocenters. The summed E-state index contributed by atoms with van der Waals surface area (Å²) in [7, 11) is 0. The van der Waals surface area contributed by atoms with Crippen molar-refractivity contribution in [3.63, 3.8) is 0 Å². The monoisotopic (exact) mass is 467 g/mol. The van der Waals surface area contributed by atoms with Crippen LogP contribution in [0.15, 0.2) is 70.3 Å². The van der Waals surface area contributed by atoms with Gasteiger partial charge < -0.3 is 15.7 Å². The zero-order valence-corrected chi connectivity index (χ0v) is 18.1. The number of aromatic nitrogens is 3. The molecule has 0 radical (unpaired) electrons. The second kappa shape index (κ2) is 8.81. The molecule has 0 fully saturated rings. The van der Waals surface area contributed by atoms with Gasteiger partial charge in [0.15, 0.2) is 5.82 Å². The number of fused-ring (bicyclic) bond motifs is 1. The summed E-state index contributed by atoms with van der Waals surface area (Å²) in [6, 6.07) is 16.8. The third kappa shape index (κ3) is 4.15. The molecule has 8 heteroatoms. The zero-order valence-electron chi connectivity index (χ0n) is 16.5. The highest BCUT2D eigenvalue weighted by molar-refractivity contribution is 9.10. The van der Waals surface area contributed by atoms with Crippen LogP contribution in [-0.2, 0) is 11.2 Å². The molecule has 1 amide bonds. The lowest BCUT2D eigenvalue weighted by molar-refractivity contribution is -0.113. The van der Waals surface area contributed by atoms with Gasteiger partial charge in [-0.15, -0.1) is 0 Å². The van der Waals surface area contributed by atoms with Gasteiger partial charge in [-0.25, -0.2) is 4.68 Å². The Morgan fingerprint density at radius 2 is 2.03 bits per heavy atom. The standard InChI is InChI=1S/C22H22BrN5O2/c1-14-19(21(30)25-17-9-3-2-4-10-17)20(15-7-5-8-16(23)13-15)28-22(24-14)26-18(27-28)11-6-12-29/h2-5,7-10,13,20,29H,6,11-12H2,1H3,(H,25,30)(H,24,26,27). The number of benzene rings is 2. The van der Waals surface area contributed by atoms with E-state index < -0.39 is 6.04 Å². The molecule has 1 aliphatic rings. The van der Waals surface area contributed by atoms with Gasteiger partial charge in [0.2, 0.25) is 5.95 Å². The van der Waals surface area contributed by atoms with Crippen LogP contribution in [0.1, 0.15) is 30.8 Å². The van der Waals surface area contributed by atoms with Gasteiger partial charge in [-0.05, 0) is 43.2 Å². The summed E-state index contributed by atoms with van der Waals surface area (Å²) >= 11 is 3.53. The van der Waals surface area contributed by atoms with Crippen molar-refractivity contribution >= 4 is 33.5 Å². The maximum atomic E-state index is 13.3. The largest absolute Gasteiger partial charge is 0.396 e. The van der Waals surface area contributed by atoms with E-state index >= 15 is 0 Å². The Kier molecular flexibility index (Phi) is 5.96. The number of allylic oxidation sites excluding steroid dienone is 1. The Bertz CT molecular complexity index is 1090. The summed E-state index contributed by atoms with van der Waals surface area (Å²) in [6.45, 7) is 1.95. The molecule has 2 aromatic carbocycles. The average molecular weight is 468 g/mol. The van der Waals surface area contributed by atoms with Gasteiger partial charge in [-0.3, -0.25) is 4.79 Å². The molecule has 4 rings (SSSR count). The van der Waals surface area contributed by atoms with E-state index in [1.54, 1.807) is 4.68 Å². The van der Waals surface area contributed by atoms with Gasteiger partial charge in [0.1, 0.15) is 6.04 Å². The first-order valence-corrected chi connectivity index (χ1v) is 10.5. The number of aryl methyl sites for hydroxylation is 1. The topological polar surface area (TPSA) is 92.1 Å². The number of rotatable bonds is 6. The van der Waals surface area contributed by atoms with Crippen molar-refractivity contribution in [2.45, 2.75) is 25.8 Å². The third-order valence-corrected chi connectivity index (χ3v) is 5.39. The van der Waals surface area contributed by atoms with Crippen molar-refractivity contribution in [1.29, 1.82) is 0 Å². The number of anilines is 2. The summed E-state index contributed by atoms with van der Waals surface area (Å²) in [5.74, 6) is 1.01.